The Morgan fingerprint density at radius 2 is 1.41 bits per heavy atom. The molecule has 2 N–H and O–H groups in total. The third-order valence-corrected chi connectivity index (χ3v) is 8.68. The zero-order valence-corrected chi connectivity index (χ0v) is 22.1. The fourth-order valence-electron chi connectivity index (χ4n) is 6.65. The van der Waals surface area contributed by atoms with Crippen molar-refractivity contribution in [3.8, 4) is 33.8 Å². The normalized spacial score (nSPS) is 19.6. The highest BCUT2D eigenvalue weighted by atomic mass is 16.5. The maximum atomic E-state index is 6.69. The fourth-order valence-corrected chi connectivity index (χ4v) is 6.65. The Labute approximate surface area is 234 Å². The maximum Gasteiger partial charge on any atom is 0.155 e. The van der Waals surface area contributed by atoms with Crippen LogP contribution >= 0.6 is 0 Å². The summed E-state index contributed by atoms with van der Waals surface area (Å²) in [5.41, 5.74) is 7.90. The van der Waals surface area contributed by atoms with Crippen LogP contribution in [0.1, 0.15) is 6.42 Å². The number of rotatable bonds is 5. The van der Waals surface area contributed by atoms with Crippen LogP contribution in [0, 0.1) is 0 Å². The molecule has 0 radical (unpaired) electrons. The van der Waals surface area contributed by atoms with Gasteiger partial charge in [0.1, 0.15) is 0 Å². The van der Waals surface area contributed by atoms with Gasteiger partial charge in [-0.1, -0.05) is 12.1 Å². The van der Waals surface area contributed by atoms with Crippen molar-refractivity contribution in [3.05, 3.63) is 73.3 Å². The Kier molecular flexibility index (Phi) is 4.96. The Hall–Kier alpha value is -4.80. The molecule has 0 amide bonds. The molecule has 7 heterocycles. The molecule has 0 saturated carbocycles. The van der Waals surface area contributed by atoms with E-state index in [2.05, 4.69) is 76.6 Å². The second-order valence-electron chi connectivity index (χ2n) is 10.9. The topological polar surface area (TPSA) is 108 Å². The van der Waals surface area contributed by atoms with Gasteiger partial charge in [-0.2, -0.15) is 10.2 Å². The van der Waals surface area contributed by atoms with Crippen molar-refractivity contribution in [3.63, 3.8) is 0 Å². The van der Waals surface area contributed by atoms with Crippen molar-refractivity contribution in [2.75, 3.05) is 31.1 Å². The summed E-state index contributed by atoms with van der Waals surface area (Å²) in [5.74, 6) is 1.66. The van der Waals surface area contributed by atoms with E-state index >= 15 is 0 Å². The highest BCUT2D eigenvalue weighted by Crippen LogP contribution is 2.49. The number of nitrogens with zero attached hydrogens (tertiary/aromatic N) is 6. The van der Waals surface area contributed by atoms with Crippen molar-refractivity contribution >= 4 is 33.4 Å². The monoisotopic (exact) mass is 542 g/mol. The molecule has 0 unspecified atom stereocenters. The van der Waals surface area contributed by atoms with Crippen LogP contribution in [0.2, 0.25) is 0 Å². The van der Waals surface area contributed by atoms with E-state index in [4.69, 9.17) is 9.47 Å². The summed E-state index contributed by atoms with van der Waals surface area (Å²) in [7, 11) is 0. The number of H-pyrrole nitrogens is 2. The molecule has 2 fully saturated rings. The Morgan fingerprint density at radius 1 is 0.780 bits per heavy atom. The predicted molar refractivity (Wildman–Crippen MR) is 155 cm³/mol. The molecule has 3 aliphatic heterocycles. The number of anilines is 2. The van der Waals surface area contributed by atoms with Crippen molar-refractivity contribution in [2.24, 2.45) is 0 Å². The first-order chi connectivity index (χ1) is 20.3. The van der Waals surface area contributed by atoms with E-state index in [9.17, 15) is 0 Å². The molecule has 4 aromatic heterocycles. The van der Waals surface area contributed by atoms with Crippen LogP contribution in [0.25, 0.3) is 44.3 Å². The third kappa shape index (κ3) is 3.64. The minimum Gasteiger partial charge on any atom is -0.453 e. The number of nitrogens with one attached hydrogen (secondary N) is 2. The molecule has 202 valence electrons. The van der Waals surface area contributed by atoms with Crippen molar-refractivity contribution in [1.82, 2.24) is 35.3 Å². The lowest BCUT2D eigenvalue weighted by Gasteiger charge is -2.35. The smallest absolute Gasteiger partial charge is 0.155 e. The van der Waals surface area contributed by atoms with Crippen LogP contribution in [0.3, 0.4) is 0 Å². The van der Waals surface area contributed by atoms with Crippen LogP contribution in [0.5, 0.6) is 11.5 Å². The number of benzene rings is 2. The van der Waals surface area contributed by atoms with Crippen molar-refractivity contribution in [1.29, 1.82) is 0 Å². The molecule has 10 heteroatoms. The number of likely N-dealkylation sites (tertiary alicyclic amines) is 1. The summed E-state index contributed by atoms with van der Waals surface area (Å²) in [6, 6.07) is 17.5. The van der Waals surface area contributed by atoms with Crippen LogP contribution in [0.4, 0.5) is 11.4 Å². The van der Waals surface area contributed by atoms with Gasteiger partial charge in [0, 0.05) is 48.8 Å². The highest BCUT2D eigenvalue weighted by Gasteiger charge is 2.39. The summed E-state index contributed by atoms with van der Waals surface area (Å²) in [4.78, 5) is 13.8. The summed E-state index contributed by atoms with van der Waals surface area (Å²) in [6.45, 7) is 3.68. The van der Waals surface area contributed by atoms with E-state index in [1.54, 1.807) is 0 Å². The van der Waals surface area contributed by atoms with Crippen LogP contribution < -0.4 is 9.64 Å². The molecule has 2 atom stereocenters. The van der Waals surface area contributed by atoms with Gasteiger partial charge in [0.25, 0.3) is 0 Å². The van der Waals surface area contributed by atoms with Gasteiger partial charge in [-0.3, -0.25) is 15.1 Å². The predicted octanol–water partition coefficient (Wildman–Crippen LogP) is 5.28. The lowest BCUT2D eigenvalue weighted by Crippen LogP contribution is -2.41. The number of hydrogen-bond donors (Lipinski definition) is 2. The van der Waals surface area contributed by atoms with Gasteiger partial charge in [-0.25, -0.2) is 9.97 Å². The minimum absolute atomic E-state index is 0.384. The van der Waals surface area contributed by atoms with Crippen molar-refractivity contribution < 1.29 is 9.47 Å². The Balaban J connectivity index is 1.13. The SMILES string of the molecule is c1cc(-c2ccc3c(c2)Oc2cc(-c4ccnc5[nH]ncc45)ccc2N3CCN2C[C@H]3C[C@@H]2CO3)c2cn[nH]c2n1. The van der Waals surface area contributed by atoms with Gasteiger partial charge in [0.05, 0.1) is 36.5 Å². The number of aromatic nitrogens is 6. The summed E-state index contributed by atoms with van der Waals surface area (Å²) in [6.07, 6.45) is 8.79. The standard InChI is InChI=1S/C31H26N8O2/c1-3-26-28(11-18(1)22-5-7-32-30-24(22)14-34-36-30)41-29-12-19(23-6-8-33-31-25(23)15-35-37-31)2-4-27(29)39(26)10-9-38-16-21-13-20(38)17-40-21/h1-8,11-12,14-15,20-21H,9-10,13,16-17H2,(H,32,34,36)(H,33,35,37)/t20-,21-/m1/s1. The molecular formula is C31H26N8O2. The third-order valence-electron chi connectivity index (χ3n) is 8.68. The van der Waals surface area contributed by atoms with E-state index in [1.165, 1.54) is 0 Å². The highest BCUT2D eigenvalue weighted by molar-refractivity contribution is 5.95. The van der Waals surface area contributed by atoms with E-state index in [0.717, 1.165) is 99.9 Å². The zero-order valence-electron chi connectivity index (χ0n) is 22.1. The summed E-state index contributed by atoms with van der Waals surface area (Å²) >= 11 is 0. The molecule has 6 aromatic rings. The number of pyridine rings is 2. The van der Waals surface area contributed by atoms with Gasteiger partial charge < -0.3 is 14.4 Å². The molecule has 2 bridgehead atoms. The molecule has 0 aliphatic carbocycles. The number of morpholine rings is 1. The van der Waals surface area contributed by atoms with Gasteiger partial charge in [0.2, 0.25) is 0 Å². The van der Waals surface area contributed by atoms with Crippen LogP contribution in [-0.4, -0.2) is 73.6 Å². The summed E-state index contributed by atoms with van der Waals surface area (Å²) < 4.78 is 12.5. The largest absolute Gasteiger partial charge is 0.453 e. The first kappa shape index (κ1) is 23.0. The van der Waals surface area contributed by atoms with Crippen LogP contribution in [0.15, 0.2) is 73.3 Å². The first-order valence-corrected chi connectivity index (χ1v) is 13.9. The Morgan fingerprint density at radius 3 is 1.98 bits per heavy atom. The second-order valence-corrected chi connectivity index (χ2v) is 10.9. The number of ether oxygens (including phenoxy) is 2. The summed E-state index contributed by atoms with van der Waals surface area (Å²) in [5, 5.41) is 16.3. The quantitative estimate of drug-likeness (QED) is 0.303. The molecule has 41 heavy (non-hydrogen) atoms. The molecule has 9 rings (SSSR count). The molecule has 0 spiro atoms. The molecule has 2 saturated heterocycles. The van der Waals surface area contributed by atoms with Gasteiger partial charge in [-0.05, 0) is 65.1 Å². The van der Waals surface area contributed by atoms with E-state index in [0.29, 0.717) is 12.1 Å². The van der Waals surface area contributed by atoms with Gasteiger partial charge in [-0.15, -0.1) is 0 Å². The van der Waals surface area contributed by atoms with Crippen LogP contribution in [-0.2, 0) is 4.74 Å². The lowest BCUT2D eigenvalue weighted by atomic mass is 10.0. The molecular weight excluding hydrogens is 516 g/mol. The van der Waals surface area contributed by atoms with E-state index in [1.807, 2.05) is 36.9 Å². The second kappa shape index (κ2) is 8.85. The fraction of sp³-hybridized carbons (Fsp3) is 0.226. The van der Waals surface area contributed by atoms with E-state index in [-0.39, 0.29) is 0 Å². The average molecular weight is 543 g/mol. The molecule has 10 nitrogen and oxygen atoms in total. The average Bonchev–Trinajstić information content (AvgIpc) is 3.83. The molecule has 3 aliphatic rings. The number of fused-ring (bicyclic) bond motifs is 6. The number of hydrogen-bond acceptors (Lipinski definition) is 8. The first-order valence-electron chi connectivity index (χ1n) is 13.9. The Bertz CT molecular complexity index is 1820. The lowest BCUT2D eigenvalue weighted by molar-refractivity contribution is 0.0320. The maximum absolute atomic E-state index is 6.69. The zero-order chi connectivity index (χ0) is 26.9. The number of aromatic amines is 2. The molecule has 2 aromatic carbocycles. The minimum atomic E-state index is 0.384. The van der Waals surface area contributed by atoms with Crippen molar-refractivity contribution in [2.45, 2.75) is 18.6 Å². The van der Waals surface area contributed by atoms with Gasteiger partial charge in [0.15, 0.2) is 22.8 Å². The van der Waals surface area contributed by atoms with Gasteiger partial charge >= 0.3 is 0 Å². The van der Waals surface area contributed by atoms with E-state index < -0.39 is 0 Å².